The average molecular weight is 824 g/mol. The van der Waals surface area contributed by atoms with E-state index < -0.39 is 0 Å². The zero-order valence-corrected chi connectivity index (χ0v) is 41.7. The Morgan fingerprint density at radius 2 is 0.780 bits per heavy atom. The number of nitrogens with zero attached hydrogens (tertiary/aromatic N) is 6. The van der Waals surface area contributed by atoms with E-state index in [1.165, 1.54) is 32.4 Å². The van der Waals surface area contributed by atoms with Gasteiger partial charge in [0.15, 0.2) is 5.69 Å². The zero-order valence-electron chi connectivity index (χ0n) is 40.9. The Morgan fingerprint density at radius 3 is 1.05 bits per heavy atom. The van der Waals surface area contributed by atoms with Gasteiger partial charge in [-0.15, -0.1) is 11.3 Å². The summed E-state index contributed by atoms with van der Waals surface area (Å²) in [6.45, 7) is 43.5. The summed E-state index contributed by atoms with van der Waals surface area (Å²) in [7, 11) is 0. The molecule has 7 heteroatoms. The van der Waals surface area contributed by atoms with Crippen molar-refractivity contribution in [3.8, 4) is 0 Å². The van der Waals surface area contributed by atoms with Crippen molar-refractivity contribution in [3.63, 3.8) is 0 Å². The molecule has 5 aromatic heterocycles. The van der Waals surface area contributed by atoms with E-state index in [2.05, 4.69) is 223 Å². The van der Waals surface area contributed by atoms with Crippen LogP contribution in [0, 0.1) is 0 Å². The fourth-order valence-corrected chi connectivity index (χ4v) is 6.19. The Bertz CT molecular complexity index is 1560. The van der Waals surface area contributed by atoms with Crippen LogP contribution in [0.2, 0.25) is 0 Å². The van der Waals surface area contributed by atoms with Gasteiger partial charge in [0.2, 0.25) is 0 Å². The second-order valence-corrected chi connectivity index (χ2v) is 19.7. The SMILES string of the molecule is CC(C)c1cc[n+](C(C)C)cn1.CC(C)c1ccc(C(C)C)nc1.CC(C)c1ccc(C(C)C)s1.CC(C)c1cccc(C(C)C)n1.CC(C)c1cnc(C(C)C)cn1. The smallest absolute Gasteiger partial charge is 0.261 e. The predicted molar refractivity (Wildman–Crippen MR) is 256 cm³/mol. The van der Waals surface area contributed by atoms with Crippen molar-refractivity contribution in [1.82, 2.24) is 24.9 Å². The molecule has 0 fully saturated rings. The van der Waals surface area contributed by atoms with Gasteiger partial charge >= 0.3 is 0 Å². The Morgan fingerprint density at radius 1 is 0.373 bits per heavy atom. The molecule has 0 saturated heterocycles. The first-order chi connectivity index (χ1) is 27.5. The van der Waals surface area contributed by atoms with Gasteiger partial charge in [-0.25, -0.2) is 4.57 Å². The van der Waals surface area contributed by atoms with Crippen LogP contribution in [-0.4, -0.2) is 24.9 Å². The first-order valence-corrected chi connectivity index (χ1v) is 23.1. The summed E-state index contributed by atoms with van der Waals surface area (Å²) in [5.41, 5.74) is 8.19. The van der Waals surface area contributed by atoms with Gasteiger partial charge in [-0.3, -0.25) is 19.9 Å². The van der Waals surface area contributed by atoms with E-state index in [4.69, 9.17) is 0 Å². The summed E-state index contributed by atoms with van der Waals surface area (Å²) in [5.74, 6) is 5.02. The lowest BCUT2D eigenvalue weighted by Gasteiger charge is -2.08. The molecule has 5 aromatic rings. The number of thiophene rings is 1. The molecule has 6 nitrogen and oxygen atoms in total. The first kappa shape index (κ1) is 53.2. The van der Waals surface area contributed by atoms with Crippen LogP contribution in [0.1, 0.15) is 247 Å². The Labute approximate surface area is 366 Å². The van der Waals surface area contributed by atoms with E-state index >= 15 is 0 Å². The molecular weight excluding hydrogens is 741 g/mol. The van der Waals surface area contributed by atoms with Crippen LogP contribution in [0.15, 0.2) is 79.6 Å². The third-order valence-electron chi connectivity index (χ3n) is 9.65. The molecule has 0 amide bonds. The molecule has 0 aliphatic rings. The number of pyridine rings is 2. The molecular formula is C52H83N6S+. The molecule has 5 heterocycles. The van der Waals surface area contributed by atoms with Crippen molar-refractivity contribution in [3.05, 3.63) is 129 Å². The molecule has 5 rings (SSSR count). The highest BCUT2D eigenvalue weighted by atomic mass is 32.1. The molecule has 0 spiro atoms. The standard InChI is InChI=1S/2C11H17N.C10H16N2.C10H17N2.C10H16S/c1-8(2)10-5-6-11(9(3)4)12-7-10;1-8(2)10-6-5-7-11(12-10)9(3)4;1-7(2)9-5-12-10(6-11-9)8(3)4;1-8(2)10-5-6-12(7-11-10)9(3)4;1-7(2)9-5-6-10(11-9)8(3)4/h2*5-9H,1-4H3;5-8H,1-4H3;5-9H,1-4H3;5-8H,1-4H3/q;;;+1;. The Balaban J connectivity index is 0.000000369. The van der Waals surface area contributed by atoms with Crippen LogP contribution in [-0.2, 0) is 0 Å². The normalized spacial score (nSPS) is 11.2. The van der Waals surface area contributed by atoms with Gasteiger partial charge in [0, 0.05) is 57.4 Å². The summed E-state index contributed by atoms with van der Waals surface area (Å²) in [6, 6.07) is 17.7. The molecule has 0 unspecified atom stereocenters. The summed E-state index contributed by atoms with van der Waals surface area (Å²) >= 11 is 1.95. The summed E-state index contributed by atoms with van der Waals surface area (Å²) in [4.78, 5) is 25.0. The van der Waals surface area contributed by atoms with Crippen LogP contribution >= 0.6 is 11.3 Å². The zero-order chi connectivity index (χ0) is 45.0. The van der Waals surface area contributed by atoms with Gasteiger partial charge in [0.25, 0.3) is 6.33 Å². The molecule has 0 saturated carbocycles. The molecule has 0 aliphatic carbocycles. The lowest BCUT2D eigenvalue weighted by atomic mass is 10.0. The van der Waals surface area contributed by atoms with Crippen LogP contribution in [0.4, 0.5) is 0 Å². The highest BCUT2D eigenvalue weighted by Crippen LogP contribution is 2.29. The summed E-state index contributed by atoms with van der Waals surface area (Å²) < 4.78 is 2.10. The monoisotopic (exact) mass is 824 g/mol. The minimum Gasteiger partial charge on any atom is -0.261 e. The maximum absolute atomic E-state index is 4.57. The largest absolute Gasteiger partial charge is 0.286 e. The summed E-state index contributed by atoms with van der Waals surface area (Å²) in [6.07, 6.45) is 9.73. The van der Waals surface area contributed by atoms with E-state index in [1.807, 2.05) is 36.3 Å². The van der Waals surface area contributed by atoms with Crippen LogP contribution in [0.25, 0.3) is 0 Å². The molecule has 0 aliphatic heterocycles. The van der Waals surface area contributed by atoms with Gasteiger partial charge in [-0.05, 0) is 97.1 Å². The van der Waals surface area contributed by atoms with E-state index in [1.54, 1.807) is 0 Å². The van der Waals surface area contributed by atoms with E-state index in [0.717, 1.165) is 17.1 Å². The molecule has 0 aromatic carbocycles. The maximum Gasteiger partial charge on any atom is 0.286 e. The van der Waals surface area contributed by atoms with Crippen molar-refractivity contribution >= 4 is 11.3 Å². The fraction of sp³-hybridized carbons (Fsp3) is 0.577. The minimum atomic E-state index is 0.471. The second-order valence-electron chi connectivity index (χ2n) is 18.5. The lowest BCUT2D eigenvalue weighted by molar-refractivity contribution is -0.719. The maximum atomic E-state index is 4.57. The van der Waals surface area contributed by atoms with Gasteiger partial charge in [0.05, 0.1) is 23.6 Å². The second kappa shape index (κ2) is 27.1. The number of hydrogen-bond acceptors (Lipinski definition) is 6. The highest BCUT2D eigenvalue weighted by Gasteiger charge is 2.09. The van der Waals surface area contributed by atoms with Crippen LogP contribution in [0.3, 0.4) is 0 Å². The molecule has 0 N–H and O–H groups in total. The third-order valence-corrected chi connectivity index (χ3v) is 11.3. The van der Waals surface area contributed by atoms with Gasteiger partial charge in [-0.1, -0.05) is 142 Å². The molecule has 0 radical (unpaired) electrons. The van der Waals surface area contributed by atoms with E-state index in [0.29, 0.717) is 59.3 Å². The number of aromatic nitrogens is 6. The third kappa shape index (κ3) is 20.3. The fourth-order valence-electron chi connectivity index (χ4n) is 5.17. The Hall–Kier alpha value is -3.84. The predicted octanol–water partition coefficient (Wildman–Crippen LogP) is 15.4. The molecule has 326 valence electrons. The van der Waals surface area contributed by atoms with E-state index in [9.17, 15) is 0 Å². The average Bonchev–Trinajstić information content (AvgIpc) is 3.71. The first-order valence-electron chi connectivity index (χ1n) is 22.3. The topological polar surface area (TPSA) is 68.3 Å². The van der Waals surface area contributed by atoms with Gasteiger partial charge < -0.3 is 0 Å². The van der Waals surface area contributed by atoms with Gasteiger partial charge in [0.1, 0.15) is 0 Å². The summed E-state index contributed by atoms with van der Waals surface area (Å²) in [5, 5.41) is 0. The highest BCUT2D eigenvalue weighted by molar-refractivity contribution is 7.12. The van der Waals surface area contributed by atoms with Crippen LogP contribution < -0.4 is 4.57 Å². The van der Waals surface area contributed by atoms with Crippen molar-refractivity contribution in [2.24, 2.45) is 0 Å². The minimum absolute atomic E-state index is 0.471. The Kier molecular flexibility index (Phi) is 24.4. The van der Waals surface area contributed by atoms with Crippen molar-refractivity contribution in [2.45, 2.75) is 198 Å². The quantitative estimate of drug-likeness (QED) is 0.131. The van der Waals surface area contributed by atoms with E-state index in [-0.39, 0.29) is 0 Å². The van der Waals surface area contributed by atoms with Crippen molar-refractivity contribution in [2.75, 3.05) is 0 Å². The lowest BCUT2D eigenvalue weighted by Crippen LogP contribution is -2.36. The molecule has 0 atom stereocenters. The van der Waals surface area contributed by atoms with Crippen molar-refractivity contribution < 1.29 is 4.57 Å². The number of hydrogen-bond donors (Lipinski definition) is 0. The molecule has 0 bridgehead atoms. The number of rotatable bonds is 10. The van der Waals surface area contributed by atoms with Gasteiger partial charge in [-0.2, -0.15) is 0 Å². The molecule has 59 heavy (non-hydrogen) atoms. The van der Waals surface area contributed by atoms with Crippen LogP contribution in [0.5, 0.6) is 0 Å². The van der Waals surface area contributed by atoms with Crippen molar-refractivity contribution in [1.29, 1.82) is 0 Å².